The third-order valence-corrected chi connectivity index (χ3v) is 7.44. The number of nitrogens with zero attached hydrogens (tertiary/aromatic N) is 5. The molecular formula is C25H31N5OS. The number of carbonyl (C=O) groups excluding carboxylic acids is 1. The fourth-order valence-electron chi connectivity index (χ4n) is 4.55. The third-order valence-electron chi connectivity index (χ3n) is 6.59. The Balaban J connectivity index is 1.52. The Hall–Kier alpha value is -2.64. The summed E-state index contributed by atoms with van der Waals surface area (Å²) in [5.41, 5.74) is 3.25. The Morgan fingerprint density at radius 2 is 1.84 bits per heavy atom. The highest BCUT2D eigenvalue weighted by Gasteiger charge is 2.36. The van der Waals surface area contributed by atoms with Crippen molar-refractivity contribution in [2.24, 2.45) is 0 Å². The van der Waals surface area contributed by atoms with Gasteiger partial charge in [-0.1, -0.05) is 31.2 Å². The first kappa shape index (κ1) is 21.2. The number of aromatic nitrogens is 2. The highest BCUT2D eigenvalue weighted by molar-refractivity contribution is 7.12. The quantitative estimate of drug-likeness (QED) is 0.543. The minimum absolute atomic E-state index is 0.149. The summed E-state index contributed by atoms with van der Waals surface area (Å²) in [4.78, 5) is 21.2. The standard InChI is InChI=1S/C25H31N5OS/c1-3-27-13-15-28(16-14-27)24-22(19(2)26-30(24)21-8-5-4-6-9-21)18-29(20-11-12-20)25(31)23-10-7-17-32-23/h4-10,17,20H,3,11-16,18H2,1-2H3. The van der Waals surface area contributed by atoms with E-state index in [0.29, 0.717) is 12.6 Å². The van der Waals surface area contributed by atoms with Gasteiger partial charge in [0.2, 0.25) is 0 Å². The monoisotopic (exact) mass is 449 g/mol. The molecule has 0 radical (unpaired) electrons. The molecule has 32 heavy (non-hydrogen) atoms. The number of piperazine rings is 1. The van der Waals surface area contributed by atoms with Crippen molar-refractivity contribution in [3.8, 4) is 5.69 Å². The number of hydrogen-bond donors (Lipinski definition) is 0. The SMILES string of the molecule is CCN1CCN(c2c(CN(C(=O)c3cccs3)C3CC3)c(C)nn2-c2ccccc2)CC1. The number of likely N-dealkylation sites (N-methyl/N-ethyl adjacent to an activating group) is 1. The summed E-state index contributed by atoms with van der Waals surface area (Å²) < 4.78 is 2.09. The molecule has 2 aliphatic rings. The molecule has 1 aromatic carbocycles. The minimum atomic E-state index is 0.149. The number of carbonyl (C=O) groups is 1. The van der Waals surface area contributed by atoms with Crippen molar-refractivity contribution in [3.63, 3.8) is 0 Å². The molecule has 0 spiro atoms. The van der Waals surface area contributed by atoms with Crippen molar-refractivity contribution in [1.29, 1.82) is 0 Å². The first-order valence-electron chi connectivity index (χ1n) is 11.6. The van der Waals surface area contributed by atoms with Crippen molar-refractivity contribution in [2.45, 2.75) is 39.3 Å². The first-order valence-corrected chi connectivity index (χ1v) is 12.5. The molecule has 7 heteroatoms. The zero-order valence-electron chi connectivity index (χ0n) is 18.9. The number of para-hydroxylation sites is 1. The minimum Gasteiger partial charge on any atom is -0.354 e. The lowest BCUT2D eigenvalue weighted by molar-refractivity contribution is 0.0735. The van der Waals surface area contributed by atoms with Gasteiger partial charge >= 0.3 is 0 Å². The second-order valence-electron chi connectivity index (χ2n) is 8.70. The van der Waals surface area contributed by atoms with E-state index in [2.05, 4.69) is 57.5 Å². The van der Waals surface area contributed by atoms with Gasteiger partial charge in [-0.3, -0.25) is 4.79 Å². The van der Waals surface area contributed by atoms with Crippen molar-refractivity contribution in [3.05, 3.63) is 64.0 Å². The molecule has 1 saturated heterocycles. The van der Waals surface area contributed by atoms with E-state index in [1.54, 1.807) is 0 Å². The maximum absolute atomic E-state index is 13.3. The molecule has 3 aromatic rings. The van der Waals surface area contributed by atoms with E-state index in [1.165, 1.54) is 16.9 Å². The highest BCUT2D eigenvalue weighted by atomic mass is 32.1. The molecule has 2 fully saturated rings. The van der Waals surface area contributed by atoms with Gasteiger partial charge in [0.05, 0.1) is 22.8 Å². The van der Waals surface area contributed by atoms with Crippen LogP contribution in [-0.2, 0) is 6.54 Å². The van der Waals surface area contributed by atoms with Crippen LogP contribution in [0.15, 0.2) is 47.8 Å². The molecule has 1 aliphatic carbocycles. The Bertz CT molecular complexity index is 1050. The predicted octanol–water partition coefficient (Wildman–Crippen LogP) is 4.19. The molecule has 0 bridgehead atoms. The van der Waals surface area contributed by atoms with E-state index in [1.807, 2.05) is 23.6 Å². The van der Waals surface area contributed by atoms with Crippen LogP contribution < -0.4 is 4.90 Å². The number of amides is 1. The maximum Gasteiger partial charge on any atom is 0.264 e. The lowest BCUT2D eigenvalue weighted by atomic mass is 10.1. The van der Waals surface area contributed by atoms with Crippen LogP contribution in [0.25, 0.3) is 5.69 Å². The molecule has 5 rings (SSSR count). The second-order valence-corrected chi connectivity index (χ2v) is 9.65. The smallest absolute Gasteiger partial charge is 0.264 e. The average Bonchev–Trinajstić information content (AvgIpc) is 3.41. The van der Waals surface area contributed by atoms with Crippen molar-refractivity contribution < 1.29 is 4.79 Å². The number of aryl methyl sites for hydroxylation is 1. The molecule has 168 valence electrons. The van der Waals surface area contributed by atoms with Crippen LogP contribution in [-0.4, -0.2) is 64.3 Å². The summed E-state index contributed by atoms with van der Waals surface area (Å²) in [6.45, 7) is 10.1. The lowest BCUT2D eigenvalue weighted by Crippen LogP contribution is -2.47. The highest BCUT2D eigenvalue weighted by Crippen LogP contribution is 2.35. The molecule has 0 atom stereocenters. The maximum atomic E-state index is 13.3. The molecule has 1 saturated carbocycles. The summed E-state index contributed by atoms with van der Waals surface area (Å²) in [7, 11) is 0. The zero-order chi connectivity index (χ0) is 22.1. The molecule has 0 N–H and O–H groups in total. The summed E-state index contributed by atoms with van der Waals surface area (Å²) in [6.07, 6.45) is 2.18. The van der Waals surface area contributed by atoms with Crippen LogP contribution in [0, 0.1) is 6.92 Å². The van der Waals surface area contributed by atoms with Gasteiger partial charge in [0.1, 0.15) is 5.82 Å². The van der Waals surface area contributed by atoms with Gasteiger partial charge in [0.15, 0.2) is 0 Å². The molecule has 2 aromatic heterocycles. The van der Waals surface area contributed by atoms with Gasteiger partial charge < -0.3 is 14.7 Å². The van der Waals surface area contributed by atoms with Gasteiger partial charge in [-0.05, 0) is 49.9 Å². The zero-order valence-corrected chi connectivity index (χ0v) is 19.7. The van der Waals surface area contributed by atoms with Gasteiger partial charge in [0, 0.05) is 37.8 Å². The molecular weight excluding hydrogens is 418 g/mol. The van der Waals surface area contributed by atoms with Gasteiger partial charge in [-0.15, -0.1) is 11.3 Å². The Kier molecular flexibility index (Phi) is 6.02. The normalized spacial score (nSPS) is 17.0. The second kappa shape index (κ2) is 9.08. The van der Waals surface area contributed by atoms with E-state index in [-0.39, 0.29) is 5.91 Å². The number of hydrogen-bond acceptors (Lipinski definition) is 5. The number of anilines is 1. The average molecular weight is 450 g/mol. The Morgan fingerprint density at radius 1 is 1.09 bits per heavy atom. The Morgan fingerprint density at radius 3 is 2.47 bits per heavy atom. The fraction of sp³-hybridized carbons (Fsp3) is 0.440. The summed E-state index contributed by atoms with van der Waals surface area (Å²) in [5.74, 6) is 1.30. The van der Waals surface area contributed by atoms with Crippen molar-refractivity contribution in [2.75, 3.05) is 37.6 Å². The summed E-state index contributed by atoms with van der Waals surface area (Å²) in [5, 5.41) is 6.96. The molecule has 3 heterocycles. The van der Waals surface area contributed by atoms with E-state index in [0.717, 1.165) is 67.6 Å². The molecule has 0 unspecified atom stereocenters. The number of benzene rings is 1. The van der Waals surface area contributed by atoms with Crippen LogP contribution in [0.2, 0.25) is 0 Å². The van der Waals surface area contributed by atoms with Crippen molar-refractivity contribution in [1.82, 2.24) is 19.6 Å². The Labute approximate surface area is 194 Å². The fourth-order valence-corrected chi connectivity index (χ4v) is 5.23. The lowest BCUT2D eigenvalue weighted by Gasteiger charge is -2.36. The van der Waals surface area contributed by atoms with Crippen LogP contribution in [0.1, 0.15) is 40.7 Å². The summed E-state index contributed by atoms with van der Waals surface area (Å²) in [6, 6.07) is 14.6. The summed E-state index contributed by atoms with van der Waals surface area (Å²) >= 11 is 1.53. The number of thiophene rings is 1. The largest absolute Gasteiger partial charge is 0.354 e. The molecule has 1 aliphatic heterocycles. The topological polar surface area (TPSA) is 44.6 Å². The van der Waals surface area contributed by atoms with Crippen LogP contribution in [0.3, 0.4) is 0 Å². The third kappa shape index (κ3) is 4.19. The van der Waals surface area contributed by atoms with E-state index in [9.17, 15) is 4.79 Å². The predicted molar refractivity (Wildman–Crippen MR) is 130 cm³/mol. The number of rotatable bonds is 7. The van der Waals surface area contributed by atoms with E-state index < -0.39 is 0 Å². The van der Waals surface area contributed by atoms with Crippen LogP contribution in [0.5, 0.6) is 0 Å². The van der Waals surface area contributed by atoms with Crippen LogP contribution in [0.4, 0.5) is 5.82 Å². The van der Waals surface area contributed by atoms with Crippen molar-refractivity contribution >= 4 is 23.1 Å². The van der Waals surface area contributed by atoms with Gasteiger partial charge in [-0.2, -0.15) is 5.10 Å². The first-order chi connectivity index (χ1) is 15.7. The molecule has 1 amide bonds. The van der Waals surface area contributed by atoms with Crippen LogP contribution >= 0.6 is 11.3 Å². The van der Waals surface area contributed by atoms with E-state index >= 15 is 0 Å². The van der Waals surface area contributed by atoms with Gasteiger partial charge in [-0.25, -0.2) is 4.68 Å². The van der Waals surface area contributed by atoms with Gasteiger partial charge in [0.25, 0.3) is 5.91 Å². The van der Waals surface area contributed by atoms with E-state index in [4.69, 9.17) is 5.10 Å². The molecule has 6 nitrogen and oxygen atoms in total.